The number of nitrogens with zero attached hydrogens (tertiary/aromatic N) is 1. The maximum Gasteiger partial charge on any atom is 0.255 e. The molecule has 21 heavy (non-hydrogen) atoms. The molecule has 0 unspecified atom stereocenters. The molecule has 1 heterocycles. The summed E-state index contributed by atoms with van der Waals surface area (Å²) < 4.78 is 23.1. The van der Waals surface area contributed by atoms with Crippen molar-refractivity contribution in [1.82, 2.24) is 4.98 Å². The molecule has 2 aromatic rings. The number of anilines is 2. The minimum absolute atomic E-state index is 0.0232. The Morgan fingerprint density at radius 1 is 1.33 bits per heavy atom. The van der Waals surface area contributed by atoms with Crippen LogP contribution in [0.15, 0.2) is 41.6 Å². The lowest BCUT2D eigenvalue weighted by Gasteiger charge is -2.08. The SMILES string of the molecule is CS(=O)(=O)c1cc(N)cc(C(=O)Nc2cnccc2Cl)c1. The predicted octanol–water partition coefficient (Wildman–Crippen LogP) is 1.97. The molecule has 1 aromatic heterocycles. The Kier molecular flexibility index (Phi) is 4.15. The van der Waals surface area contributed by atoms with E-state index in [-0.39, 0.29) is 16.1 Å². The normalized spacial score (nSPS) is 11.1. The lowest BCUT2D eigenvalue weighted by molar-refractivity contribution is 0.102. The molecular weight excluding hydrogens is 314 g/mol. The van der Waals surface area contributed by atoms with Gasteiger partial charge < -0.3 is 11.1 Å². The van der Waals surface area contributed by atoms with Gasteiger partial charge in [-0.3, -0.25) is 9.78 Å². The van der Waals surface area contributed by atoms with Crippen molar-refractivity contribution in [2.45, 2.75) is 4.90 Å². The number of sulfone groups is 1. The van der Waals surface area contributed by atoms with E-state index in [0.29, 0.717) is 10.7 Å². The first kappa shape index (κ1) is 15.3. The van der Waals surface area contributed by atoms with E-state index >= 15 is 0 Å². The summed E-state index contributed by atoms with van der Waals surface area (Å²) in [6, 6.07) is 5.46. The number of nitrogens with one attached hydrogen (secondary N) is 1. The van der Waals surface area contributed by atoms with Gasteiger partial charge >= 0.3 is 0 Å². The predicted molar refractivity (Wildman–Crippen MR) is 81.2 cm³/mol. The average molecular weight is 326 g/mol. The largest absolute Gasteiger partial charge is 0.399 e. The van der Waals surface area contributed by atoms with Crippen LogP contribution in [-0.2, 0) is 9.84 Å². The topological polar surface area (TPSA) is 102 Å². The highest BCUT2D eigenvalue weighted by Crippen LogP contribution is 2.22. The number of hydrogen-bond donors (Lipinski definition) is 2. The molecule has 0 aliphatic rings. The molecule has 1 amide bonds. The Morgan fingerprint density at radius 3 is 2.67 bits per heavy atom. The number of hydrogen-bond acceptors (Lipinski definition) is 5. The van der Waals surface area contributed by atoms with Crippen LogP contribution in [0, 0.1) is 0 Å². The third kappa shape index (κ3) is 3.71. The average Bonchev–Trinajstić information content (AvgIpc) is 2.39. The molecular formula is C13H12ClN3O3S. The molecule has 0 aliphatic carbocycles. The molecule has 0 aliphatic heterocycles. The van der Waals surface area contributed by atoms with Crippen molar-refractivity contribution in [2.24, 2.45) is 0 Å². The Morgan fingerprint density at radius 2 is 2.05 bits per heavy atom. The number of halogens is 1. The molecule has 1 aromatic carbocycles. The fourth-order valence-corrected chi connectivity index (χ4v) is 2.47. The number of carbonyl (C=O) groups excluding carboxylic acids is 1. The Labute approximate surface area is 126 Å². The van der Waals surface area contributed by atoms with Crippen LogP contribution < -0.4 is 11.1 Å². The number of nitrogens with two attached hydrogens (primary N) is 1. The Balaban J connectivity index is 2.36. The number of carbonyl (C=O) groups is 1. The van der Waals surface area contributed by atoms with Crippen molar-refractivity contribution >= 4 is 38.7 Å². The second-order valence-corrected chi connectivity index (χ2v) is 6.80. The van der Waals surface area contributed by atoms with Crippen LogP contribution in [0.25, 0.3) is 0 Å². The van der Waals surface area contributed by atoms with E-state index in [1.165, 1.54) is 36.7 Å². The van der Waals surface area contributed by atoms with E-state index in [0.717, 1.165) is 6.26 Å². The van der Waals surface area contributed by atoms with Crippen LogP contribution >= 0.6 is 11.6 Å². The summed E-state index contributed by atoms with van der Waals surface area (Å²) in [7, 11) is -3.46. The second kappa shape index (κ2) is 5.71. The molecule has 0 saturated heterocycles. The minimum atomic E-state index is -3.46. The molecule has 0 bridgehead atoms. The van der Waals surface area contributed by atoms with Crippen molar-refractivity contribution in [2.75, 3.05) is 17.3 Å². The molecule has 0 atom stereocenters. The lowest BCUT2D eigenvalue weighted by Crippen LogP contribution is -2.14. The first-order chi connectivity index (χ1) is 9.77. The van der Waals surface area contributed by atoms with Crippen molar-refractivity contribution < 1.29 is 13.2 Å². The minimum Gasteiger partial charge on any atom is -0.399 e. The summed E-state index contributed by atoms with van der Waals surface area (Å²) >= 11 is 5.92. The zero-order valence-corrected chi connectivity index (χ0v) is 12.6. The summed E-state index contributed by atoms with van der Waals surface area (Å²) in [6.07, 6.45) is 3.92. The van der Waals surface area contributed by atoms with E-state index in [1.807, 2.05) is 0 Å². The number of benzene rings is 1. The van der Waals surface area contributed by atoms with Crippen LogP contribution in [0.5, 0.6) is 0 Å². The van der Waals surface area contributed by atoms with E-state index in [9.17, 15) is 13.2 Å². The zero-order valence-electron chi connectivity index (χ0n) is 11.0. The van der Waals surface area contributed by atoms with Crippen molar-refractivity contribution in [3.8, 4) is 0 Å². The molecule has 0 saturated carbocycles. The maximum absolute atomic E-state index is 12.1. The van der Waals surface area contributed by atoms with Gasteiger partial charge in [-0.2, -0.15) is 0 Å². The summed E-state index contributed by atoms with van der Waals surface area (Å²) in [4.78, 5) is 16.0. The van der Waals surface area contributed by atoms with Gasteiger partial charge in [0.2, 0.25) is 0 Å². The standard InChI is InChI=1S/C13H12ClN3O3S/c1-21(19,20)10-5-8(4-9(15)6-10)13(18)17-12-7-16-3-2-11(12)14/h2-7H,15H2,1H3,(H,17,18). The smallest absolute Gasteiger partial charge is 0.255 e. The molecule has 110 valence electrons. The summed E-state index contributed by atoms with van der Waals surface area (Å²) in [5.41, 5.74) is 6.26. The van der Waals surface area contributed by atoms with Crippen LogP contribution in [0.3, 0.4) is 0 Å². The third-order valence-electron chi connectivity index (χ3n) is 2.64. The number of aromatic nitrogens is 1. The highest BCUT2D eigenvalue weighted by atomic mass is 35.5. The summed E-state index contributed by atoms with van der Waals surface area (Å²) in [5, 5.41) is 2.87. The molecule has 0 radical (unpaired) electrons. The third-order valence-corrected chi connectivity index (χ3v) is 4.06. The van der Waals surface area contributed by atoms with Gasteiger partial charge in [-0.15, -0.1) is 0 Å². The van der Waals surface area contributed by atoms with Gasteiger partial charge in [-0.05, 0) is 24.3 Å². The van der Waals surface area contributed by atoms with E-state index in [1.54, 1.807) is 0 Å². The number of amides is 1. The van der Waals surface area contributed by atoms with Crippen molar-refractivity contribution in [3.63, 3.8) is 0 Å². The Bertz CT molecular complexity index is 806. The second-order valence-electron chi connectivity index (χ2n) is 4.37. The van der Waals surface area contributed by atoms with Gasteiger partial charge in [0.15, 0.2) is 9.84 Å². The zero-order chi connectivity index (χ0) is 15.6. The van der Waals surface area contributed by atoms with Crippen LogP contribution in [0.1, 0.15) is 10.4 Å². The number of rotatable bonds is 3. The molecule has 0 fully saturated rings. The molecule has 2 rings (SSSR count). The van der Waals surface area contributed by atoms with Crippen LogP contribution in [0.4, 0.5) is 11.4 Å². The maximum atomic E-state index is 12.1. The number of nitrogen functional groups attached to an aromatic ring is 1. The van der Waals surface area contributed by atoms with E-state index in [2.05, 4.69) is 10.3 Å². The number of pyridine rings is 1. The van der Waals surface area contributed by atoms with Gasteiger partial charge in [0, 0.05) is 23.7 Å². The van der Waals surface area contributed by atoms with Gasteiger partial charge in [0.1, 0.15) is 0 Å². The van der Waals surface area contributed by atoms with Crippen LogP contribution in [0.2, 0.25) is 5.02 Å². The fourth-order valence-electron chi connectivity index (χ4n) is 1.63. The van der Waals surface area contributed by atoms with Crippen molar-refractivity contribution in [3.05, 3.63) is 47.2 Å². The molecule has 3 N–H and O–H groups in total. The fraction of sp³-hybridized carbons (Fsp3) is 0.0769. The van der Waals surface area contributed by atoms with E-state index < -0.39 is 15.7 Å². The van der Waals surface area contributed by atoms with E-state index in [4.69, 9.17) is 17.3 Å². The molecule has 8 heteroatoms. The van der Waals surface area contributed by atoms with Gasteiger partial charge in [-0.25, -0.2) is 8.42 Å². The monoisotopic (exact) mass is 325 g/mol. The van der Waals surface area contributed by atoms with Crippen LogP contribution in [-0.4, -0.2) is 25.6 Å². The Hall–Kier alpha value is -2.12. The molecule has 6 nitrogen and oxygen atoms in total. The van der Waals surface area contributed by atoms with Gasteiger partial charge in [-0.1, -0.05) is 11.6 Å². The lowest BCUT2D eigenvalue weighted by atomic mass is 10.2. The highest BCUT2D eigenvalue weighted by molar-refractivity contribution is 7.90. The first-order valence-electron chi connectivity index (χ1n) is 5.79. The van der Waals surface area contributed by atoms with Gasteiger partial charge in [0.25, 0.3) is 5.91 Å². The first-order valence-corrected chi connectivity index (χ1v) is 8.06. The highest BCUT2D eigenvalue weighted by Gasteiger charge is 2.14. The van der Waals surface area contributed by atoms with Crippen molar-refractivity contribution in [1.29, 1.82) is 0 Å². The van der Waals surface area contributed by atoms with Gasteiger partial charge in [0.05, 0.1) is 21.8 Å². The summed E-state index contributed by atoms with van der Waals surface area (Å²) in [5.74, 6) is -0.526. The molecule has 0 spiro atoms. The quantitative estimate of drug-likeness (QED) is 0.840. The summed E-state index contributed by atoms with van der Waals surface area (Å²) in [6.45, 7) is 0.